The Morgan fingerprint density at radius 3 is 2.58 bits per heavy atom. The van der Waals surface area contributed by atoms with E-state index < -0.39 is 0 Å². The van der Waals surface area contributed by atoms with E-state index in [2.05, 4.69) is 24.4 Å². The molecule has 1 atom stereocenters. The van der Waals surface area contributed by atoms with E-state index in [1.807, 2.05) is 18.2 Å². The molecule has 19 heavy (non-hydrogen) atoms. The van der Waals surface area contributed by atoms with Crippen LogP contribution in [0.25, 0.3) is 0 Å². The van der Waals surface area contributed by atoms with Gasteiger partial charge in [-0.05, 0) is 31.4 Å². The topological polar surface area (TPSA) is 29.1 Å². The maximum atomic E-state index is 12.3. The number of hydrogen-bond acceptors (Lipinski definition) is 2. The molecule has 0 aliphatic heterocycles. The number of thioether (sulfide) groups is 1. The van der Waals surface area contributed by atoms with Gasteiger partial charge in [0.2, 0.25) is 5.91 Å². The van der Waals surface area contributed by atoms with Crippen molar-refractivity contribution in [2.45, 2.75) is 61.6 Å². The van der Waals surface area contributed by atoms with Crippen LogP contribution in [0.4, 0.5) is 0 Å². The molecule has 0 bridgehead atoms. The van der Waals surface area contributed by atoms with Gasteiger partial charge in [0.05, 0.1) is 5.25 Å². The van der Waals surface area contributed by atoms with Crippen LogP contribution in [-0.4, -0.2) is 17.2 Å². The maximum Gasteiger partial charge on any atom is 0.233 e. The van der Waals surface area contributed by atoms with E-state index in [1.165, 1.54) is 24.2 Å². The molecule has 3 heteroatoms. The van der Waals surface area contributed by atoms with Crippen LogP contribution >= 0.6 is 11.8 Å². The summed E-state index contributed by atoms with van der Waals surface area (Å²) in [6, 6.07) is 10.6. The van der Waals surface area contributed by atoms with Crippen molar-refractivity contribution in [2.75, 3.05) is 0 Å². The molecule has 1 aliphatic carbocycles. The number of rotatable bonds is 5. The standard InChI is InChI=1S/C16H23NOS/c1-2-15(19-14-11-7-4-8-12-14)16(18)17-13-9-5-3-6-10-13/h4,7-8,11-13,15H,2-3,5-6,9-10H2,1H3,(H,17,18). The highest BCUT2D eigenvalue weighted by Crippen LogP contribution is 2.26. The Balaban J connectivity index is 1.87. The molecule has 1 aliphatic rings. The molecular formula is C16H23NOS. The minimum atomic E-state index is 0.0318. The largest absolute Gasteiger partial charge is 0.352 e. The molecule has 1 aromatic rings. The lowest BCUT2D eigenvalue weighted by Crippen LogP contribution is -2.41. The summed E-state index contributed by atoms with van der Waals surface area (Å²) in [6.45, 7) is 2.08. The molecule has 2 rings (SSSR count). The molecule has 0 saturated heterocycles. The van der Waals surface area contributed by atoms with Gasteiger partial charge in [0.25, 0.3) is 0 Å². The zero-order valence-electron chi connectivity index (χ0n) is 11.6. The fourth-order valence-corrected chi connectivity index (χ4v) is 3.51. The molecule has 0 radical (unpaired) electrons. The first kappa shape index (κ1) is 14.4. The number of amides is 1. The fourth-order valence-electron chi connectivity index (χ4n) is 2.53. The molecule has 1 amide bonds. The summed E-state index contributed by atoms with van der Waals surface area (Å²) in [5, 5.41) is 3.26. The van der Waals surface area contributed by atoms with Crippen molar-refractivity contribution >= 4 is 17.7 Å². The number of carbonyl (C=O) groups excluding carboxylic acids is 1. The number of benzene rings is 1. The third-order valence-electron chi connectivity index (χ3n) is 3.64. The highest BCUT2D eigenvalue weighted by molar-refractivity contribution is 8.00. The zero-order valence-corrected chi connectivity index (χ0v) is 12.4. The zero-order chi connectivity index (χ0) is 13.5. The van der Waals surface area contributed by atoms with Gasteiger partial charge in [-0.2, -0.15) is 0 Å². The van der Waals surface area contributed by atoms with Crippen molar-refractivity contribution in [3.8, 4) is 0 Å². The third-order valence-corrected chi connectivity index (χ3v) is 5.01. The Labute approximate surface area is 120 Å². The minimum absolute atomic E-state index is 0.0318. The molecule has 1 aromatic carbocycles. The lowest BCUT2D eigenvalue weighted by atomic mass is 9.95. The summed E-state index contributed by atoms with van der Waals surface area (Å²) in [5.74, 6) is 0.211. The summed E-state index contributed by atoms with van der Waals surface area (Å²) in [5.41, 5.74) is 0. The molecule has 0 aromatic heterocycles. The Morgan fingerprint density at radius 2 is 1.95 bits per heavy atom. The predicted molar refractivity (Wildman–Crippen MR) is 81.4 cm³/mol. The first-order valence-corrected chi connectivity index (χ1v) is 8.19. The van der Waals surface area contributed by atoms with Gasteiger partial charge in [-0.1, -0.05) is 44.4 Å². The van der Waals surface area contributed by atoms with Crippen LogP contribution in [0.3, 0.4) is 0 Å². The summed E-state index contributed by atoms with van der Waals surface area (Å²) in [7, 11) is 0. The Bertz CT molecular complexity index is 387. The lowest BCUT2D eigenvalue weighted by Gasteiger charge is -2.25. The van der Waals surface area contributed by atoms with E-state index in [0.29, 0.717) is 6.04 Å². The monoisotopic (exact) mass is 277 g/mol. The van der Waals surface area contributed by atoms with Gasteiger partial charge in [-0.15, -0.1) is 11.8 Å². The molecule has 104 valence electrons. The second kappa shape index (κ2) is 7.59. The van der Waals surface area contributed by atoms with Crippen LogP contribution in [0.5, 0.6) is 0 Å². The highest BCUT2D eigenvalue weighted by Gasteiger charge is 2.22. The van der Waals surface area contributed by atoms with Crippen LogP contribution < -0.4 is 5.32 Å². The van der Waals surface area contributed by atoms with Crippen LogP contribution in [0.1, 0.15) is 45.4 Å². The van der Waals surface area contributed by atoms with Crippen molar-refractivity contribution in [3.05, 3.63) is 30.3 Å². The average Bonchev–Trinajstić information content (AvgIpc) is 2.47. The summed E-state index contributed by atoms with van der Waals surface area (Å²) < 4.78 is 0. The van der Waals surface area contributed by atoms with Gasteiger partial charge in [0.1, 0.15) is 0 Å². The van der Waals surface area contributed by atoms with E-state index in [4.69, 9.17) is 0 Å². The molecule has 1 N–H and O–H groups in total. The molecule has 1 fully saturated rings. The summed E-state index contributed by atoms with van der Waals surface area (Å²) in [6.07, 6.45) is 7.01. The van der Waals surface area contributed by atoms with Gasteiger partial charge in [0.15, 0.2) is 0 Å². The molecule has 1 unspecified atom stereocenters. The summed E-state index contributed by atoms with van der Waals surface area (Å²) in [4.78, 5) is 13.5. The Kier molecular flexibility index (Phi) is 5.77. The average molecular weight is 277 g/mol. The highest BCUT2D eigenvalue weighted by atomic mass is 32.2. The summed E-state index contributed by atoms with van der Waals surface area (Å²) >= 11 is 1.67. The van der Waals surface area contributed by atoms with E-state index in [0.717, 1.165) is 19.3 Å². The number of nitrogens with one attached hydrogen (secondary N) is 1. The first-order chi connectivity index (χ1) is 9.29. The SMILES string of the molecule is CCC(Sc1ccccc1)C(=O)NC1CCCCC1. The predicted octanol–water partition coefficient (Wildman–Crippen LogP) is 4.01. The normalized spacial score (nSPS) is 17.9. The maximum absolute atomic E-state index is 12.3. The molecule has 2 nitrogen and oxygen atoms in total. The van der Waals surface area contributed by atoms with Crippen molar-refractivity contribution in [1.82, 2.24) is 5.32 Å². The number of hydrogen-bond donors (Lipinski definition) is 1. The van der Waals surface area contributed by atoms with Crippen molar-refractivity contribution in [3.63, 3.8) is 0 Å². The van der Waals surface area contributed by atoms with Gasteiger partial charge in [-0.3, -0.25) is 4.79 Å². The van der Waals surface area contributed by atoms with Gasteiger partial charge >= 0.3 is 0 Å². The van der Waals surface area contributed by atoms with Crippen molar-refractivity contribution in [1.29, 1.82) is 0 Å². The Hall–Kier alpha value is -0.960. The third kappa shape index (κ3) is 4.57. The van der Waals surface area contributed by atoms with Crippen LogP contribution in [-0.2, 0) is 4.79 Å². The smallest absolute Gasteiger partial charge is 0.233 e. The van der Waals surface area contributed by atoms with E-state index in [-0.39, 0.29) is 11.2 Å². The van der Waals surface area contributed by atoms with Crippen LogP contribution in [0, 0.1) is 0 Å². The van der Waals surface area contributed by atoms with Gasteiger partial charge < -0.3 is 5.32 Å². The van der Waals surface area contributed by atoms with Crippen molar-refractivity contribution in [2.24, 2.45) is 0 Å². The Morgan fingerprint density at radius 1 is 1.26 bits per heavy atom. The molecular weight excluding hydrogens is 254 g/mol. The second-order valence-electron chi connectivity index (χ2n) is 5.17. The molecule has 0 heterocycles. The fraction of sp³-hybridized carbons (Fsp3) is 0.562. The van der Waals surface area contributed by atoms with E-state index in [9.17, 15) is 4.79 Å². The minimum Gasteiger partial charge on any atom is -0.352 e. The van der Waals surface area contributed by atoms with Crippen LogP contribution in [0.15, 0.2) is 35.2 Å². The number of carbonyl (C=O) groups is 1. The molecule has 1 saturated carbocycles. The van der Waals surface area contributed by atoms with Crippen LogP contribution in [0.2, 0.25) is 0 Å². The van der Waals surface area contributed by atoms with Crippen molar-refractivity contribution < 1.29 is 4.79 Å². The quantitative estimate of drug-likeness (QED) is 0.824. The second-order valence-corrected chi connectivity index (χ2v) is 6.45. The molecule has 0 spiro atoms. The van der Waals surface area contributed by atoms with E-state index >= 15 is 0 Å². The lowest BCUT2D eigenvalue weighted by molar-refractivity contribution is -0.121. The first-order valence-electron chi connectivity index (χ1n) is 7.31. The van der Waals surface area contributed by atoms with Gasteiger partial charge in [0, 0.05) is 10.9 Å². The van der Waals surface area contributed by atoms with Gasteiger partial charge in [-0.25, -0.2) is 0 Å². The van der Waals surface area contributed by atoms with E-state index in [1.54, 1.807) is 11.8 Å².